The average Bonchev–Trinajstić information content (AvgIpc) is 2.72. The highest BCUT2D eigenvalue weighted by molar-refractivity contribution is 6.30. The van der Waals surface area contributed by atoms with E-state index in [1.807, 2.05) is 24.3 Å². The topological polar surface area (TPSA) is 61.9 Å². The number of para-hydroxylation sites is 2. The second kappa shape index (κ2) is 8.77. The lowest BCUT2D eigenvalue weighted by Gasteiger charge is -2.36. The SMILES string of the molecule is COc1ccccc1N1CCN(C(=O)CNC(=O)c2ccc(Cl)cc2)CC1. The van der Waals surface area contributed by atoms with Gasteiger partial charge < -0.3 is 19.9 Å². The van der Waals surface area contributed by atoms with Gasteiger partial charge >= 0.3 is 0 Å². The molecule has 0 aromatic heterocycles. The van der Waals surface area contributed by atoms with Crippen molar-refractivity contribution in [3.63, 3.8) is 0 Å². The molecule has 1 saturated heterocycles. The smallest absolute Gasteiger partial charge is 0.251 e. The second-order valence-electron chi connectivity index (χ2n) is 6.23. The molecule has 0 atom stereocenters. The Bertz CT molecular complexity index is 802. The van der Waals surface area contributed by atoms with Crippen molar-refractivity contribution >= 4 is 29.1 Å². The minimum absolute atomic E-state index is 0.0177. The average molecular weight is 388 g/mol. The third kappa shape index (κ3) is 4.71. The van der Waals surface area contributed by atoms with Crippen molar-refractivity contribution in [3.05, 3.63) is 59.1 Å². The Hall–Kier alpha value is -2.73. The zero-order chi connectivity index (χ0) is 19.2. The number of benzene rings is 2. The van der Waals surface area contributed by atoms with E-state index in [0.29, 0.717) is 23.7 Å². The van der Waals surface area contributed by atoms with E-state index in [1.54, 1.807) is 36.3 Å². The van der Waals surface area contributed by atoms with Gasteiger partial charge in [-0.3, -0.25) is 9.59 Å². The van der Waals surface area contributed by atoms with E-state index >= 15 is 0 Å². The fourth-order valence-corrected chi connectivity index (χ4v) is 3.18. The number of halogens is 1. The molecule has 1 aliphatic heterocycles. The number of amides is 2. The summed E-state index contributed by atoms with van der Waals surface area (Å²) in [6.07, 6.45) is 0. The maximum atomic E-state index is 12.4. The summed E-state index contributed by atoms with van der Waals surface area (Å²) in [7, 11) is 1.65. The third-order valence-corrected chi connectivity index (χ3v) is 4.82. The third-order valence-electron chi connectivity index (χ3n) is 4.56. The molecule has 6 nitrogen and oxygen atoms in total. The predicted octanol–water partition coefficient (Wildman–Crippen LogP) is 2.43. The molecule has 1 heterocycles. The molecule has 0 radical (unpaired) electrons. The number of nitrogens with one attached hydrogen (secondary N) is 1. The van der Waals surface area contributed by atoms with Crippen LogP contribution >= 0.6 is 11.6 Å². The minimum Gasteiger partial charge on any atom is -0.495 e. The summed E-state index contributed by atoms with van der Waals surface area (Å²) < 4.78 is 5.41. The van der Waals surface area contributed by atoms with E-state index in [4.69, 9.17) is 16.3 Å². The van der Waals surface area contributed by atoms with Crippen LogP contribution in [0.2, 0.25) is 5.02 Å². The molecule has 7 heteroatoms. The molecule has 2 aromatic rings. The van der Waals surface area contributed by atoms with Gasteiger partial charge in [-0.2, -0.15) is 0 Å². The van der Waals surface area contributed by atoms with Gasteiger partial charge in [0.05, 0.1) is 19.3 Å². The molecule has 1 N–H and O–H groups in total. The molecule has 0 bridgehead atoms. The highest BCUT2D eigenvalue weighted by Crippen LogP contribution is 2.28. The highest BCUT2D eigenvalue weighted by Gasteiger charge is 2.23. The lowest BCUT2D eigenvalue weighted by Crippen LogP contribution is -2.51. The zero-order valence-electron chi connectivity index (χ0n) is 15.2. The van der Waals surface area contributed by atoms with Crippen molar-refractivity contribution < 1.29 is 14.3 Å². The molecule has 0 aliphatic carbocycles. The Kier molecular flexibility index (Phi) is 6.19. The first kappa shape index (κ1) is 19.0. The van der Waals surface area contributed by atoms with Crippen LogP contribution in [0.25, 0.3) is 0 Å². The van der Waals surface area contributed by atoms with Gasteiger partial charge in [-0.25, -0.2) is 0 Å². The van der Waals surface area contributed by atoms with Crippen LogP contribution in [0, 0.1) is 0 Å². The summed E-state index contributed by atoms with van der Waals surface area (Å²) in [4.78, 5) is 28.5. The quantitative estimate of drug-likeness (QED) is 0.856. The molecule has 2 aromatic carbocycles. The largest absolute Gasteiger partial charge is 0.495 e. The van der Waals surface area contributed by atoms with Crippen molar-refractivity contribution in [1.82, 2.24) is 10.2 Å². The maximum absolute atomic E-state index is 12.4. The number of hydrogen-bond donors (Lipinski definition) is 1. The Labute approximate surface area is 163 Å². The normalized spacial score (nSPS) is 14.0. The van der Waals surface area contributed by atoms with Crippen LogP contribution in [0.1, 0.15) is 10.4 Å². The number of piperazine rings is 1. The van der Waals surface area contributed by atoms with Gasteiger partial charge in [-0.05, 0) is 36.4 Å². The number of methoxy groups -OCH3 is 1. The number of nitrogens with zero attached hydrogens (tertiary/aromatic N) is 2. The van der Waals surface area contributed by atoms with Crippen molar-refractivity contribution in [2.24, 2.45) is 0 Å². The molecule has 3 rings (SSSR count). The van der Waals surface area contributed by atoms with Crippen LogP contribution in [0.5, 0.6) is 5.75 Å². The number of carbonyl (C=O) groups is 2. The van der Waals surface area contributed by atoms with Crippen LogP contribution < -0.4 is 15.0 Å². The maximum Gasteiger partial charge on any atom is 0.251 e. The van der Waals surface area contributed by atoms with Gasteiger partial charge in [0.25, 0.3) is 5.91 Å². The molecule has 2 amide bonds. The van der Waals surface area contributed by atoms with Gasteiger partial charge in [0.15, 0.2) is 0 Å². The fraction of sp³-hybridized carbons (Fsp3) is 0.300. The Balaban J connectivity index is 1.50. The van der Waals surface area contributed by atoms with Crippen LogP contribution in [0.4, 0.5) is 5.69 Å². The first-order chi connectivity index (χ1) is 13.1. The van der Waals surface area contributed by atoms with E-state index in [1.165, 1.54) is 0 Å². The second-order valence-corrected chi connectivity index (χ2v) is 6.67. The molecular weight excluding hydrogens is 366 g/mol. The Morgan fingerprint density at radius 1 is 1.04 bits per heavy atom. The summed E-state index contributed by atoms with van der Waals surface area (Å²) in [6, 6.07) is 14.4. The molecule has 0 unspecified atom stereocenters. The molecule has 1 fully saturated rings. The molecule has 1 aliphatic rings. The monoisotopic (exact) mass is 387 g/mol. The first-order valence-electron chi connectivity index (χ1n) is 8.78. The van der Waals surface area contributed by atoms with Gasteiger partial charge in [-0.1, -0.05) is 23.7 Å². The van der Waals surface area contributed by atoms with Gasteiger partial charge in [-0.15, -0.1) is 0 Å². The summed E-state index contributed by atoms with van der Waals surface area (Å²) in [5.41, 5.74) is 1.51. The van der Waals surface area contributed by atoms with Crippen molar-refractivity contribution in [3.8, 4) is 5.75 Å². The van der Waals surface area contributed by atoms with Gasteiger partial charge in [0.1, 0.15) is 5.75 Å². The summed E-state index contributed by atoms with van der Waals surface area (Å²) >= 11 is 5.82. The van der Waals surface area contributed by atoms with Crippen LogP contribution in [-0.4, -0.2) is 56.5 Å². The molecule has 0 spiro atoms. The van der Waals surface area contributed by atoms with Crippen LogP contribution in [-0.2, 0) is 4.79 Å². The first-order valence-corrected chi connectivity index (χ1v) is 9.16. The minimum atomic E-state index is -0.285. The highest BCUT2D eigenvalue weighted by atomic mass is 35.5. The lowest BCUT2D eigenvalue weighted by molar-refractivity contribution is -0.130. The Morgan fingerprint density at radius 3 is 2.37 bits per heavy atom. The number of carbonyl (C=O) groups excluding carboxylic acids is 2. The summed E-state index contributed by atoms with van der Waals surface area (Å²) in [6.45, 7) is 2.63. The summed E-state index contributed by atoms with van der Waals surface area (Å²) in [5, 5.41) is 3.24. The standard InChI is InChI=1S/C20H22ClN3O3/c1-27-18-5-3-2-4-17(18)23-10-12-24(13-11-23)19(25)14-22-20(26)15-6-8-16(21)9-7-15/h2-9H,10-14H2,1H3,(H,22,26). The lowest BCUT2D eigenvalue weighted by atomic mass is 10.2. The van der Waals surface area contributed by atoms with Crippen molar-refractivity contribution in [1.29, 1.82) is 0 Å². The summed E-state index contributed by atoms with van der Waals surface area (Å²) in [5.74, 6) is 0.456. The van der Waals surface area contributed by atoms with Crippen LogP contribution in [0.15, 0.2) is 48.5 Å². The van der Waals surface area contributed by atoms with E-state index in [0.717, 1.165) is 24.5 Å². The number of rotatable bonds is 5. The molecule has 27 heavy (non-hydrogen) atoms. The molecule has 0 saturated carbocycles. The zero-order valence-corrected chi connectivity index (χ0v) is 15.9. The fourth-order valence-electron chi connectivity index (χ4n) is 3.06. The number of ether oxygens (including phenoxy) is 1. The number of anilines is 1. The van der Waals surface area contributed by atoms with Crippen LogP contribution in [0.3, 0.4) is 0 Å². The predicted molar refractivity (Wildman–Crippen MR) is 106 cm³/mol. The van der Waals surface area contributed by atoms with Gasteiger partial charge in [0.2, 0.25) is 5.91 Å². The van der Waals surface area contributed by atoms with E-state index in [-0.39, 0.29) is 18.4 Å². The van der Waals surface area contributed by atoms with E-state index < -0.39 is 0 Å². The molecular formula is C20H22ClN3O3. The van der Waals surface area contributed by atoms with Crippen molar-refractivity contribution in [2.75, 3.05) is 44.7 Å². The Morgan fingerprint density at radius 2 is 1.70 bits per heavy atom. The van der Waals surface area contributed by atoms with E-state index in [2.05, 4.69) is 10.2 Å². The van der Waals surface area contributed by atoms with Gasteiger partial charge in [0, 0.05) is 36.8 Å². The van der Waals surface area contributed by atoms with E-state index in [9.17, 15) is 9.59 Å². The van der Waals surface area contributed by atoms with Crippen molar-refractivity contribution in [2.45, 2.75) is 0 Å². The number of hydrogen-bond acceptors (Lipinski definition) is 4. The molecule has 142 valence electrons.